The third-order valence-electron chi connectivity index (χ3n) is 12.5. The van der Waals surface area contributed by atoms with Crippen molar-refractivity contribution in [3.8, 4) is 16.9 Å². The van der Waals surface area contributed by atoms with Crippen LogP contribution in [0.25, 0.3) is 11.1 Å². The van der Waals surface area contributed by atoms with Crippen molar-refractivity contribution in [2.45, 2.75) is 122 Å². The lowest BCUT2D eigenvalue weighted by molar-refractivity contribution is -0.124. The van der Waals surface area contributed by atoms with Crippen LogP contribution in [0.3, 0.4) is 0 Å². The number of nitrogens with zero attached hydrogens (tertiary/aromatic N) is 5. The van der Waals surface area contributed by atoms with E-state index >= 15 is 0 Å². The number of hydrogen-bond acceptors (Lipinski definition) is 7. The summed E-state index contributed by atoms with van der Waals surface area (Å²) in [6.45, 7) is 12.0. The van der Waals surface area contributed by atoms with Crippen molar-refractivity contribution >= 4 is 17.8 Å². The number of carbonyl (C=O) groups is 2. The molecule has 0 unspecified atom stereocenters. The molecule has 3 aromatic rings. The number of carbonyl (C=O) groups excluding carboxylic acids is 2. The van der Waals surface area contributed by atoms with E-state index in [4.69, 9.17) is 14.5 Å². The minimum atomic E-state index is -0.460. The van der Waals surface area contributed by atoms with Crippen molar-refractivity contribution < 1.29 is 24.2 Å². The highest BCUT2D eigenvalue weighted by molar-refractivity contribution is 5.95. The zero-order valence-corrected chi connectivity index (χ0v) is 31.3. The highest BCUT2D eigenvalue weighted by atomic mass is 16.6. The number of likely N-dealkylation sites (tertiary alicyclic amines) is 1. The van der Waals surface area contributed by atoms with E-state index in [-0.39, 0.29) is 40.4 Å². The van der Waals surface area contributed by atoms with Crippen molar-refractivity contribution in [1.29, 1.82) is 0 Å². The first-order valence-electron chi connectivity index (χ1n) is 18.9. The molecular weight excluding hydrogens is 642 g/mol. The van der Waals surface area contributed by atoms with Crippen LogP contribution in [0.15, 0.2) is 42.9 Å². The molecule has 51 heavy (non-hydrogen) atoms. The Balaban J connectivity index is 1.11. The van der Waals surface area contributed by atoms with Crippen LogP contribution in [-0.4, -0.2) is 75.7 Å². The van der Waals surface area contributed by atoms with Crippen LogP contribution in [0.5, 0.6) is 5.75 Å². The second-order valence-corrected chi connectivity index (χ2v) is 17.0. The Morgan fingerprint density at radius 3 is 2.18 bits per heavy atom. The Morgan fingerprint density at radius 1 is 0.961 bits per heavy atom. The van der Waals surface area contributed by atoms with E-state index in [2.05, 4.69) is 64.1 Å². The van der Waals surface area contributed by atoms with Gasteiger partial charge in [-0.1, -0.05) is 12.1 Å². The highest BCUT2D eigenvalue weighted by Gasteiger charge is 2.51. The monoisotopic (exact) mass is 697 g/mol. The lowest BCUT2D eigenvalue weighted by Gasteiger charge is -2.55. The first kappa shape index (κ1) is 35.5. The molecule has 4 saturated carbocycles. The van der Waals surface area contributed by atoms with Crippen molar-refractivity contribution in [2.24, 2.45) is 11.3 Å². The van der Waals surface area contributed by atoms with Gasteiger partial charge in [0.15, 0.2) is 0 Å². The maximum absolute atomic E-state index is 14.7. The van der Waals surface area contributed by atoms with Gasteiger partial charge in [-0.25, -0.2) is 9.78 Å². The number of aromatic nitrogens is 3. The number of pyridine rings is 1. The van der Waals surface area contributed by atoms with Crippen LogP contribution in [0.1, 0.15) is 102 Å². The predicted octanol–water partition coefficient (Wildman–Crippen LogP) is 7.32. The van der Waals surface area contributed by atoms with Gasteiger partial charge in [0.2, 0.25) is 5.91 Å². The van der Waals surface area contributed by atoms with E-state index in [1.807, 2.05) is 28.0 Å². The van der Waals surface area contributed by atoms with E-state index in [0.717, 1.165) is 55.4 Å². The molecule has 10 heteroatoms. The quantitative estimate of drug-likeness (QED) is 0.263. The summed E-state index contributed by atoms with van der Waals surface area (Å²) >= 11 is 0. The van der Waals surface area contributed by atoms with Gasteiger partial charge in [0.25, 0.3) is 0 Å². The number of fused-ring (bicyclic) bond motifs is 3. The van der Waals surface area contributed by atoms with Crippen LogP contribution in [0.4, 0.5) is 10.6 Å². The molecule has 1 N–H and O–H groups in total. The average molecular weight is 698 g/mol. The zero-order chi connectivity index (χ0) is 36.1. The van der Waals surface area contributed by atoms with Gasteiger partial charge in [-0.3, -0.25) is 14.4 Å². The third kappa shape index (κ3) is 7.00. The van der Waals surface area contributed by atoms with Gasteiger partial charge in [0, 0.05) is 30.4 Å². The number of hydrogen-bond donors (Lipinski definition) is 1. The fraction of sp³-hybridized carbons (Fsp3) is 0.610. The molecular formula is C41H55N5O5. The van der Waals surface area contributed by atoms with E-state index in [0.29, 0.717) is 51.1 Å². The molecule has 0 atom stereocenters. The number of aryl methyl sites for hydroxylation is 2. The van der Waals surface area contributed by atoms with Crippen LogP contribution < -0.4 is 9.64 Å². The first-order chi connectivity index (χ1) is 24.3. The Kier molecular flexibility index (Phi) is 9.44. The van der Waals surface area contributed by atoms with E-state index in [9.17, 15) is 14.7 Å². The summed E-state index contributed by atoms with van der Waals surface area (Å²) in [5.74, 6) is 1.64. The number of aliphatic hydroxyl groups is 1. The summed E-state index contributed by atoms with van der Waals surface area (Å²) in [6, 6.07) is 8.75. The van der Waals surface area contributed by atoms with E-state index in [1.165, 1.54) is 21.6 Å². The summed E-state index contributed by atoms with van der Waals surface area (Å²) in [4.78, 5) is 35.6. The van der Waals surface area contributed by atoms with Crippen LogP contribution >= 0.6 is 0 Å². The van der Waals surface area contributed by atoms with Gasteiger partial charge in [0.05, 0.1) is 38.0 Å². The summed E-state index contributed by atoms with van der Waals surface area (Å²) in [5, 5.41) is 14.2. The molecule has 4 aliphatic carbocycles. The minimum Gasteiger partial charge on any atom is -0.496 e. The molecule has 8 rings (SSSR count). The first-order valence-corrected chi connectivity index (χ1v) is 18.9. The van der Waals surface area contributed by atoms with Gasteiger partial charge in [0.1, 0.15) is 17.7 Å². The zero-order valence-electron chi connectivity index (χ0n) is 31.3. The molecule has 2 bridgehead atoms. The Bertz CT molecular complexity index is 1720. The van der Waals surface area contributed by atoms with Gasteiger partial charge in [-0.05, 0) is 144 Å². The number of benzene rings is 1. The molecule has 274 valence electrons. The standard InChI is InChI=1S/C41H55N5O5/c1-27-19-32(20-28(2)36(27)50-6)41-15-12-40(13-16-41,14-17-41)26-45(35-21-30(11-18-42-35)31-22-43-46(23-31)39(3,4)5)37(48)29-7-9-34(10-8-29)51-38(49)44-24-33(47)25-44/h11,18-23,29,33-34,47H,7-10,12-17,24-26H2,1-6H3. The van der Waals surface area contributed by atoms with Crippen molar-refractivity contribution in [3.63, 3.8) is 0 Å². The second kappa shape index (κ2) is 13.6. The average Bonchev–Trinajstić information content (AvgIpc) is 3.62. The molecule has 3 heterocycles. The molecule has 2 amide bonds. The largest absolute Gasteiger partial charge is 0.496 e. The van der Waals surface area contributed by atoms with Gasteiger partial charge >= 0.3 is 6.09 Å². The van der Waals surface area contributed by atoms with Crippen molar-refractivity contribution in [2.75, 3.05) is 31.6 Å². The summed E-state index contributed by atoms with van der Waals surface area (Å²) in [6.07, 6.45) is 14.0. The van der Waals surface area contributed by atoms with Gasteiger partial charge in [-0.2, -0.15) is 5.10 Å². The molecule has 1 saturated heterocycles. The maximum Gasteiger partial charge on any atom is 0.410 e. The number of aliphatic hydroxyl groups excluding tert-OH is 1. The SMILES string of the molecule is COc1c(C)cc(C23CCC(CN(C(=O)C4CCC(OC(=O)N5CC(O)C5)CC4)c4cc(-c5cnn(C(C)(C)C)c5)ccn4)(CC2)CC3)cc1C. The Hall–Kier alpha value is -3.92. The molecule has 1 aliphatic heterocycles. The molecule has 5 aliphatic rings. The van der Waals surface area contributed by atoms with E-state index in [1.54, 1.807) is 7.11 Å². The fourth-order valence-corrected chi connectivity index (χ4v) is 9.17. The highest BCUT2D eigenvalue weighted by Crippen LogP contribution is 2.58. The smallest absolute Gasteiger partial charge is 0.410 e. The topological polar surface area (TPSA) is 110 Å². The molecule has 0 spiro atoms. The maximum atomic E-state index is 14.7. The molecule has 2 aromatic heterocycles. The lowest BCUT2D eigenvalue weighted by atomic mass is 9.51. The van der Waals surface area contributed by atoms with Crippen molar-refractivity contribution in [3.05, 3.63) is 59.5 Å². The Morgan fingerprint density at radius 2 is 1.61 bits per heavy atom. The number of ether oxygens (including phenoxy) is 2. The molecule has 0 radical (unpaired) electrons. The molecule has 10 nitrogen and oxygen atoms in total. The fourth-order valence-electron chi connectivity index (χ4n) is 9.17. The van der Waals surface area contributed by atoms with Crippen molar-refractivity contribution in [1.82, 2.24) is 19.7 Å². The van der Waals surface area contributed by atoms with Gasteiger partial charge in [-0.15, -0.1) is 0 Å². The Labute approximate surface area is 302 Å². The van der Waals surface area contributed by atoms with E-state index < -0.39 is 6.10 Å². The van der Waals surface area contributed by atoms with Gasteiger partial charge < -0.3 is 19.5 Å². The normalized spacial score (nSPS) is 26.5. The lowest BCUT2D eigenvalue weighted by Crippen LogP contribution is -2.54. The van der Waals surface area contributed by atoms with Crippen LogP contribution in [0, 0.1) is 25.2 Å². The summed E-state index contributed by atoms with van der Waals surface area (Å²) < 4.78 is 13.4. The molecule has 5 fully saturated rings. The number of anilines is 1. The number of methoxy groups -OCH3 is 1. The summed E-state index contributed by atoms with van der Waals surface area (Å²) in [5.41, 5.74) is 5.90. The predicted molar refractivity (Wildman–Crippen MR) is 197 cm³/mol. The van der Waals surface area contributed by atoms with Crippen LogP contribution in [-0.2, 0) is 20.5 Å². The third-order valence-corrected chi connectivity index (χ3v) is 12.5. The van der Waals surface area contributed by atoms with Crippen LogP contribution in [0.2, 0.25) is 0 Å². The second-order valence-electron chi connectivity index (χ2n) is 17.0. The number of β-amino-alcohol motifs (C(OH)–C–C–N with tert-alkyl or cyclic N) is 1. The summed E-state index contributed by atoms with van der Waals surface area (Å²) in [7, 11) is 1.75. The molecule has 1 aromatic carbocycles. The number of amides is 2. The number of rotatable bonds is 8. The minimum absolute atomic E-state index is 0.0390.